The fraction of sp³-hybridized carbons (Fsp3) is 0.391. The van der Waals surface area contributed by atoms with Crippen molar-refractivity contribution < 1.29 is 22.7 Å². The number of hydrogen-bond donors (Lipinski definition) is 2. The van der Waals surface area contributed by atoms with Crippen molar-refractivity contribution in [2.45, 2.75) is 37.3 Å². The second-order valence-electron chi connectivity index (χ2n) is 7.81. The maximum absolute atomic E-state index is 12.9. The van der Waals surface area contributed by atoms with E-state index < -0.39 is 22.5 Å². The summed E-state index contributed by atoms with van der Waals surface area (Å²) in [7, 11) is -3.84. The number of amides is 2. The van der Waals surface area contributed by atoms with Crippen LogP contribution in [0.25, 0.3) is 0 Å². The van der Waals surface area contributed by atoms with Crippen LogP contribution in [0.2, 0.25) is 0 Å². The molecule has 0 aromatic heterocycles. The summed E-state index contributed by atoms with van der Waals surface area (Å²) in [6.45, 7) is 2.53. The van der Waals surface area contributed by atoms with Gasteiger partial charge in [-0.15, -0.1) is 0 Å². The number of nitrogens with one attached hydrogen (secondary N) is 2. The third-order valence-corrected chi connectivity index (χ3v) is 6.62. The van der Waals surface area contributed by atoms with Gasteiger partial charge in [0.25, 0.3) is 0 Å². The van der Waals surface area contributed by atoms with E-state index in [1.54, 1.807) is 12.1 Å². The molecule has 0 aliphatic carbocycles. The zero-order valence-corrected chi connectivity index (χ0v) is 18.9. The molecule has 1 saturated heterocycles. The molecule has 1 atom stereocenters. The normalized spacial score (nSPS) is 16.0. The summed E-state index contributed by atoms with van der Waals surface area (Å²) in [4.78, 5) is 26.8. The Kier molecular flexibility index (Phi) is 8.38. The third kappa shape index (κ3) is 7.15. The summed E-state index contributed by atoms with van der Waals surface area (Å²) >= 11 is 0. The summed E-state index contributed by atoms with van der Waals surface area (Å²) in [6.07, 6.45) is 1.87. The number of aryl methyl sites for hydroxylation is 1. The SMILES string of the molecule is Cc1ccc(S(=O)(=O)NCC(=O)N(CC(=O)NC[C@@H]2CCCO2)Cc2ccccc2)cc1. The first-order chi connectivity index (χ1) is 15.3. The van der Waals surface area contributed by atoms with E-state index in [0.717, 1.165) is 24.0 Å². The van der Waals surface area contributed by atoms with Crippen LogP contribution in [0.15, 0.2) is 59.5 Å². The molecular formula is C23H29N3O5S. The number of ether oxygens (including phenoxy) is 1. The molecule has 8 nitrogen and oxygen atoms in total. The van der Waals surface area contributed by atoms with E-state index in [1.165, 1.54) is 17.0 Å². The lowest BCUT2D eigenvalue weighted by molar-refractivity contribution is -0.135. The van der Waals surface area contributed by atoms with E-state index in [2.05, 4.69) is 10.0 Å². The smallest absolute Gasteiger partial charge is 0.241 e. The van der Waals surface area contributed by atoms with Crippen molar-refractivity contribution in [2.24, 2.45) is 0 Å². The van der Waals surface area contributed by atoms with Crippen LogP contribution < -0.4 is 10.0 Å². The van der Waals surface area contributed by atoms with E-state index in [9.17, 15) is 18.0 Å². The van der Waals surface area contributed by atoms with Gasteiger partial charge in [-0.25, -0.2) is 13.1 Å². The maximum Gasteiger partial charge on any atom is 0.241 e. The van der Waals surface area contributed by atoms with Crippen LogP contribution in [-0.4, -0.2) is 57.5 Å². The molecular weight excluding hydrogens is 430 g/mol. The van der Waals surface area contributed by atoms with Crippen LogP contribution in [0.5, 0.6) is 0 Å². The van der Waals surface area contributed by atoms with Crippen molar-refractivity contribution in [3.05, 3.63) is 65.7 Å². The lowest BCUT2D eigenvalue weighted by Crippen LogP contribution is -2.45. The number of carbonyl (C=O) groups is 2. The standard InChI is InChI=1S/C23H29N3O5S/c1-18-9-11-21(12-10-18)32(29,30)25-15-23(28)26(16-19-6-3-2-4-7-19)17-22(27)24-14-20-8-5-13-31-20/h2-4,6-7,9-12,20,25H,5,8,13-17H2,1H3,(H,24,27)/t20-/m0/s1. The van der Waals surface area contributed by atoms with Crippen molar-refractivity contribution in [1.29, 1.82) is 0 Å². The predicted molar refractivity (Wildman–Crippen MR) is 120 cm³/mol. The number of sulfonamides is 1. The van der Waals surface area contributed by atoms with E-state index in [0.29, 0.717) is 13.2 Å². The van der Waals surface area contributed by atoms with Crippen molar-refractivity contribution in [2.75, 3.05) is 26.2 Å². The molecule has 0 unspecified atom stereocenters. The number of benzene rings is 2. The minimum Gasteiger partial charge on any atom is -0.376 e. The molecule has 0 spiro atoms. The molecule has 172 valence electrons. The molecule has 1 aliphatic heterocycles. The molecule has 3 rings (SSSR count). The van der Waals surface area contributed by atoms with Crippen LogP contribution in [0.1, 0.15) is 24.0 Å². The highest BCUT2D eigenvalue weighted by Gasteiger charge is 2.22. The Morgan fingerprint density at radius 1 is 1.09 bits per heavy atom. The van der Waals surface area contributed by atoms with Gasteiger partial charge in [0.1, 0.15) is 0 Å². The average Bonchev–Trinajstić information content (AvgIpc) is 3.30. The average molecular weight is 460 g/mol. The second-order valence-corrected chi connectivity index (χ2v) is 9.58. The minimum absolute atomic E-state index is 0.00135. The Hall–Kier alpha value is -2.75. The molecule has 2 aromatic rings. The predicted octanol–water partition coefficient (Wildman–Crippen LogP) is 1.60. The van der Waals surface area contributed by atoms with E-state index in [1.807, 2.05) is 37.3 Å². The quantitative estimate of drug-likeness (QED) is 0.562. The van der Waals surface area contributed by atoms with E-state index >= 15 is 0 Å². The number of rotatable bonds is 10. The van der Waals surface area contributed by atoms with E-state index in [4.69, 9.17) is 4.74 Å². The van der Waals surface area contributed by atoms with Crippen LogP contribution in [0.4, 0.5) is 0 Å². The molecule has 1 fully saturated rings. The lowest BCUT2D eigenvalue weighted by Gasteiger charge is -2.23. The molecule has 9 heteroatoms. The largest absolute Gasteiger partial charge is 0.376 e. The fourth-order valence-corrected chi connectivity index (χ4v) is 4.34. The molecule has 0 saturated carbocycles. The molecule has 0 radical (unpaired) electrons. The molecule has 0 bridgehead atoms. The monoisotopic (exact) mass is 459 g/mol. The minimum atomic E-state index is -3.84. The summed E-state index contributed by atoms with van der Waals surface area (Å²) in [5.41, 5.74) is 1.78. The van der Waals surface area contributed by atoms with Crippen molar-refractivity contribution in [3.8, 4) is 0 Å². The van der Waals surface area contributed by atoms with Gasteiger partial charge in [0.15, 0.2) is 0 Å². The third-order valence-electron chi connectivity index (χ3n) is 5.20. The summed E-state index contributed by atoms with van der Waals surface area (Å²) < 4.78 is 32.9. The van der Waals surface area contributed by atoms with Gasteiger partial charge in [0.2, 0.25) is 21.8 Å². The summed E-state index contributed by atoms with van der Waals surface area (Å²) in [6, 6.07) is 15.6. The zero-order valence-electron chi connectivity index (χ0n) is 18.1. The first-order valence-electron chi connectivity index (χ1n) is 10.6. The molecule has 1 heterocycles. The maximum atomic E-state index is 12.9. The molecule has 2 N–H and O–H groups in total. The van der Waals surface area contributed by atoms with Crippen molar-refractivity contribution >= 4 is 21.8 Å². The number of carbonyl (C=O) groups excluding carboxylic acids is 2. The zero-order chi connectivity index (χ0) is 23.0. The first kappa shape index (κ1) is 23.9. The van der Waals surface area contributed by atoms with E-state index in [-0.39, 0.29) is 30.0 Å². The second kappa shape index (κ2) is 11.2. The number of hydrogen-bond acceptors (Lipinski definition) is 5. The van der Waals surface area contributed by atoms with Crippen molar-refractivity contribution in [3.63, 3.8) is 0 Å². The van der Waals surface area contributed by atoms with Crippen LogP contribution in [0, 0.1) is 6.92 Å². The Bertz CT molecular complexity index is 1000. The van der Waals surface area contributed by atoms with Crippen LogP contribution in [-0.2, 0) is 30.9 Å². The number of nitrogens with zero attached hydrogens (tertiary/aromatic N) is 1. The van der Waals surface area contributed by atoms with Gasteiger partial charge in [-0.2, -0.15) is 0 Å². The molecule has 2 amide bonds. The van der Waals surface area contributed by atoms with Gasteiger partial charge < -0.3 is 15.0 Å². The Labute approximate surface area is 189 Å². The van der Waals surface area contributed by atoms with Gasteiger partial charge in [-0.3, -0.25) is 9.59 Å². The molecule has 32 heavy (non-hydrogen) atoms. The fourth-order valence-electron chi connectivity index (χ4n) is 3.37. The van der Waals surface area contributed by atoms with Gasteiger partial charge in [0, 0.05) is 19.7 Å². The van der Waals surface area contributed by atoms with Crippen molar-refractivity contribution in [1.82, 2.24) is 14.9 Å². The molecule has 2 aromatic carbocycles. The molecule has 1 aliphatic rings. The highest BCUT2D eigenvalue weighted by molar-refractivity contribution is 7.89. The summed E-state index contributed by atoms with van der Waals surface area (Å²) in [5.74, 6) is -0.803. The van der Waals surface area contributed by atoms with Gasteiger partial charge in [-0.05, 0) is 37.5 Å². The highest BCUT2D eigenvalue weighted by atomic mass is 32.2. The first-order valence-corrected chi connectivity index (χ1v) is 12.1. The summed E-state index contributed by atoms with van der Waals surface area (Å²) in [5, 5.41) is 2.80. The van der Waals surface area contributed by atoms with Gasteiger partial charge in [0.05, 0.1) is 24.1 Å². The van der Waals surface area contributed by atoms with Crippen LogP contribution in [0.3, 0.4) is 0 Å². The Morgan fingerprint density at radius 3 is 2.47 bits per heavy atom. The van der Waals surface area contributed by atoms with Gasteiger partial charge >= 0.3 is 0 Å². The highest BCUT2D eigenvalue weighted by Crippen LogP contribution is 2.12. The Balaban J connectivity index is 1.62. The lowest BCUT2D eigenvalue weighted by atomic mass is 10.2. The Morgan fingerprint density at radius 2 is 1.81 bits per heavy atom. The van der Waals surface area contributed by atoms with Crippen LogP contribution >= 0.6 is 0 Å². The van der Waals surface area contributed by atoms with Gasteiger partial charge in [-0.1, -0.05) is 48.0 Å². The topological polar surface area (TPSA) is 105 Å².